The highest BCUT2D eigenvalue weighted by Crippen LogP contribution is 2.27. The van der Waals surface area contributed by atoms with E-state index in [9.17, 15) is 9.59 Å². The maximum absolute atomic E-state index is 12.5. The Labute approximate surface area is 146 Å². The van der Waals surface area contributed by atoms with Crippen LogP contribution >= 0.6 is 0 Å². The van der Waals surface area contributed by atoms with Gasteiger partial charge in [0.05, 0.1) is 24.5 Å². The lowest BCUT2D eigenvalue weighted by Gasteiger charge is -2.13. The Morgan fingerprint density at radius 2 is 1.84 bits per heavy atom. The molecule has 132 valence electrons. The van der Waals surface area contributed by atoms with Crippen LogP contribution < -0.4 is 14.8 Å². The van der Waals surface area contributed by atoms with Gasteiger partial charge in [-0.1, -0.05) is 13.0 Å². The van der Waals surface area contributed by atoms with Crippen LogP contribution in [0.3, 0.4) is 0 Å². The van der Waals surface area contributed by atoms with E-state index in [0.717, 1.165) is 6.42 Å². The number of carboxylic acid groups (broad SMARTS) is 1. The molecule has 0 spiro atoms. The molecule has 0 aliphatic heterocycles. The number of carbonyl (C=O) groups is 2. The number of hydrogen-bond donors (Lipinski definition) is 2. The molecule has 2 aromatic carbocycles. The average Bonchev–Trinajstić information content (AvgIpc) is 2.61. The van der Waals surface area contributed by atoms with E-state index in [1.807, 2.05) is 13.8 Å². The zero-order valence-electron chi connectivity index (χ0n) is 14.2. The third-order valence-corrected chi connectivity index (χ3v) is 3.34. The SMILES string of the molecule is CCCOc1ccc(C(=O)O)cc1NC(=O)c1cccc(OCC)c1. The van der Waals surface area contributed by atoms with Crippen LogP contribution in [0.1, 0.15) is 41.0 Å². The third-order valence-electron chi connectivity index (χ3n) is 3.34. The van der Waals surface area contributed by atoms with Gasteiger partial charge >= 0.3 is 5.97 Å². The van der Waals surface area contributed by atoms with E-state index in [0.29, 0.717) is 36.0 Å². The summed E-state index contributed by atoms with van der Waals surface area (Å²) in [5.41, 5.74) is 0.801. The van der Waals surface area contributed by atoms with Crippen molar-refractivity contribution in [1.82, 2.24) is 0 Å². The lowest BCUT2D eigenvalue weighted by Crippen LogP contribution is -2.14. The number of benzene rings is 2. The normalized spacial score (nSPS) is 10.2. The van der Waals surface area contributed by atoms with Gasteiger partial charge in [-0.2, -0.15) is 0 Å². The predicted octanol–water partition coefficient (Wildman–Crippen LogP) is 3.82. The lowest BCUT2D eigenvalue weighted by molar-refractivity contribution is 0.0696. The van der Waals surface area contributed by atoms with Gasteiger partial charge < -0.3 is 19.9 Å². The molecule has 0 radical (unpaired) electrons. The number of carboxylic acids is 1. The van der Waals surface area contributed by atoms with E-state index in [1.165, 1.54) is 12.1 Å². The molecule has 0 heterocycles. The van der Waals surface area contributed by atoms with Gasteiger partial charge in [0.1, 0.15) is 11.5 Å². The van der Waals surface area contributed by atoms with Crippen molar-refractivity contribution < 1.29 is 24.2 Å². The van der Waals surface area contributed by atoms with E-state index >= 15 is 0 Å². The third kappa shape index (κ3) is 4.97. The summed E-state index contributed by atoms with van der Waals surface area (Å²) < 4.78 is 11.0. The first-order valence-corrected chi connectivity index (χ1v) is 8.09. The number of carbonyl (C=O) groups excluding carboxylic acids is 1. The minimum absolute atomic E-state index is 0.0715. The monoisotopic (exact) mass is 343 g/mol. The van der Waals surface area contributed by atoms with Gasteiger partial charge in [0, 0.05) is 5.56 Å². The van der Waals surface area contributed by atoms with Gasteiger partial charge in [-0.25, -0.2) is 4.79 Å². The van der Waals surface area contributed by atoms with Crippen LogP contribution in [0.15, 0.2) is 42.5 Å². The maximum Gasteiger partial charge on any atom is 0.335 e. The van der Waals surface area contributed by atoms with Crippen LogP contribution in [-0.2, 0) is 0 Å². The molecule has 0 fully saturated rings. The van der Waals surface area contributed by atoms with Crippen molar-refractivity contribution in [3.8, 4) is 11.5 Å². The van der Waals surface area contributed by atoms with Gasteiger partial charge in [-0.15, -0.1) is 0 Å². The summed E-state index contributed by atoms with van der Waals surface area (Å²) in [4.78, 5) is 23.7. The Bertz CT molecular complexity index is 757. The van der Waals surface area contributed by atoms with E-state index in [4.69, 9.17) is 14.6 Å². The fourth-order valence-corrected chi connectivity index (χ4v) is 2.19. The second kappa shape index (κ2) is 8.73. The Hall–Kier alpha value is -3.02. The minimum Gasteiger partial charge on any atom is -0.494 e. The largest absolute Gasteiger partial charge is 0.494 e. The fraction of sp³-hybridized carbons (Fsp3) is 0.263. The molecule has 6 heteroatoms. The van der Waals surface area contributed by atoms with Crippen molar-refractivity contribution in [3.05, 3.63) is 53.6 Å². The molecular formula is C19H21NO5. The van der Waals surface area contributed by atoms with Crippen molar-refractivity contribution in [2.75, 3.05) is 18.5 Å². The van der Waals surface area contributed by atoms with Crippen LogP contribution in [0.4, 0.5) is 5.69 Å². The summed E-state index contributed by atoms with van der Waals surface area (Å²) in [6, 6.07) is 11.2. The number of anilines is 1. The van der Waals surface area contributed by atoms with E-state index in [1.54, 1.807) is 30.3 Å². The van der Waals surface area contributed by atoms with Gasteiger partial charge in [0.2, 0.25) is 0 Å². The number of nitrogens with one attached hydrogen (secondary N) is 1. The highest BCUT2D eigenvalue weighted by molar-refractivity contribution is 6.05. The van der Waals surface area contributed by atoms with Gasteiger partial charge in [0.25, 0.3) is 5.91 Å². The highest BCUT2D eigenvalue weighted by atomic mass is 16.5. The Balaban J connectivity index is 2.27. The summed E-state index contributed by atoms with van der Waals surface area (Å²) in [7, 11) is 0. The molecular weight excluding hydrogens is 322 g/mol. The summed E-state index contributed by atoms with van der Waals surface area (Å²) in [5, 5.41) is 11.9. The van der Waals surface area contributed by atoms with Crippen molar-refractivity contribution >= 4 is 17.6 Å². The molecule has 0 saturated heterocycles. The number of amides is 1. The second-order valence-electron chi connectivity index (χ2n) is 5.28. The molecule has 1 amide bonds. The molecule has 0 unspecified atom stereocenters. The standard InChI is InChI=1S/C19H21NO5/c1-3-10-25-17-9-8-14(19(22)23)12-16(17)20-18(21)13-6-5-7-15(11-13)24-4-2/h5-9,11-12H,3-4,10H2,1-2H3,(H,20,21)(H,22,23). The lowest BCUT2D eigenvalue weighted by atomic mass is 10.1. The molecule has 2 rings (SSSR count). The molecule has 0 aliphatic rings. The average molecular weight is 343 g/mol. The quantitative estimate of drug-likeness (QED) is 0.761. The van der Waals surface area contributed by atoms with Crippen molar-refractivity contribution in [3.63, 3.8) is 0 Å². The van der Waals surface area contributed by atoms with Crippen LogP contribution in [0.25, 0.3) is 0 Å². The van der Waals surface area contributed by atoms with E-state index in [2.05, 4.69) is 5.32 Å². The van der Waals surface area contributed by atoms with Crippen LogP contribution in [0.5, 0.6) is 11.5 Å². The van der Waals surface area contributed by atoms with Crippen molar-refractivity contribution in [1.29, 1.82) is 0 Å². The Morgan fingerprint density at radius 3 is 2.52 bits per heavy atom. The summed E-state index contributed by atoms with van der Waals surface area (Å²) in [6.45, 7) is 4.79. The zero-order valence-corrected chi connectivity index (χ0v) is 14.2. The van der Waals surface area contributed by atoms with Crippen molar-refractivity contribution in [2.45, 2.75) is 20.3 Å². The molecule has 25 heavy (non-hydrogen) atoms. The van der Waals surface area contributed by atoms with Gasteiger partial charge in [-0.3, -0.25) is 4.79 Å². The Morgan fingerprint density at radius 1 is 1.04 bits per heavy atom. The van der Waals surface area contributed by atoms with Crippen LogP contribution in [0.2, 0.25) is 0 Å². The first-order chi connectivity index (χ1) is 12.0. The van der Waals surface area contributed by atoms with Crippen molar-refractivity contribution in [2.24, 2.45) is 0 Å². The molecule has 0 aromatic heterocycles. The minimum atomic E-state index is -1.07. The molecule has 2 aromatic rings. The van der Waals surface area contributed by atoms with Gasteiger partial charge in [-0.05, 0) is 49.7 Å². The maximum atomic E-state index is 12.5. The zero-order chi connectivity index (χ0) is 18.2. The smallest absolute Gasteiger partial charge is 0.335 e. The first kappa shape index (κ1) is 18.3. The molecule has 2 N–H and O–H groups in total. The summed E-state index contributed by atoms with van der Waals surface area (Å²) >= 11 is 0. The number of ether oxygens (including phenoxy) is 2. The Kier molecular flexibility index (Phi) is 6.39. The fourth-order valence-electron chi connectivity index (χ4n) is 2.19. The molecule has 0 bridgehead atoms. The second-order valence-corrected chi connectivity index (χ2v) is 5.28. The molecule has 0 atom stereocenters. The van der Waals surface area contributed by atoms with E-state index in [-0.39, 0.29) is 11.5 Å². The summed E-state index contributed by atoms with van der Waals surface area (Å²) in [5.74, 6) is -0.417. The van der Waals surface area contributed by atoms with Gasteiger partial charge in [0.15, 0.2) is 0 Å². The van der Waals surface area contributed by atoms with Crippen LogP contribution in [0, 0.1) is 0 Å². The highest BCUT2D eigenvalue weighted by Gasteiger charge is 2.14. The summed E-state index contributed by atoms with van der Waals surface area (Å²) in [6.07, 6.45) is 0.796. The molecule has 6 nitrogen and oxygen atoms in total. The molecule has 0 aliphatic carbocycles. The predicted molar refractivity (Wildman–Crippen MR) is 94.8 cm³/mol. The van der Waals surface area contributed by atoms with E-state index < -0.39 is 5.97 Å². The van der Waals surface area contributed by atoms with Crippen LogP contribution in [-0.4, -0.2) is 30.2 Å². The molecule has 0 saturated carbocycles. The topological polar surface area (TPSA) is 84.9 Å². The number of aromatic carboxylic acids is 1. The first-order valence-electron chi connectivity index (χ1n) is 8.09. The number of hydrogen-bond acceptors (Lipinski definition) is 4. The number of rotatable bonds is 8.